The molecule has 0 saturated carbocycles. The van der Waals surface area contributed by atoms with Crippen LogP contribution in [0.25, 0.3) is 0 Å². The Bertz CT molecular complexity index is 494. The maximum Gasteiger partial charge on any atom is 0.0406 e. The fraction of sp³-hybridized carbons (Fsp3) is 0.0769. The molecule has 0 nitrogen and oxygen atoms in total. The van der Waals surface area contributed by atoms with E-state index in [2.05, 4.69) is 41.1 Å². The van der Waals surface area contributed by atoms with Crippen LogP contribution >= 0.6 is 39.3 Å². The summed E-state index contributed by atoms with van der Waals surface area (Å²) in [7, 11) is 0. The molecule has 2 aromatic rings. The zero-order valence-corrected chi connectivity index (χ0v) is 11.9. The topological polar surface area (TPSA) is 0 Å². The van der Waals surface area contributed by atoms with Gasteiger partial charge in [-0.25, -0.2) is 0 Å². The molecule has 0 spiro atoms. The molecule has 2 aromatic carbocycles. The van der Waals surface area contributed by atoms with Gasteiger partial charge in [0.15, 0.2) is 0 Å². The molecular formula is C13H10BrClS. The molecule has 82 valence electrons. The summed E-state index contributed by atoms with van der Waals surface area (Å²) in [6.45, 7) is 2.09. The van der Waals surface area contributed by atoms with Gasteiger partial charge in [0.1, 0.15) is 0 Å². The first-order valence-electron chi connectivity index (χ1n) is 4.85. The minimum absolute atomic E-state index is 0.774. The zero-order valence-electron chi connectivity index (χ0n) is 8.71. The van der Waals surface area contributed by atoms with E-state index in [1.807, 2.05) is 24.3 Å². The van der Waals surface area contributed by atoms with E-state index in [1.54, 1.807) is 11.8 Å². The third kappa shape index (κ3) is 3.03. The maximum absolute atomic E-state index is 5.85. The Kier molecular flexibility index (Phi) is 3.95. The first-order valence-corrected chi connectivity index (χ1v) is 6.83. The molecule has 16 heavy (non-hydrogen) atoms. The Labute approximate surface area is 113 Å². The van der Waals surface area contributed by atoms with Gasteiger partial charge in [0.2, 0.25) is 0 Å². The zero-order chi connectivity index (χ0) is 11.5. The van der Waals surface area contributed by atoms with Crippen molar-refractivity contribution in [2.75, 3.05) is 0 Å². The number of benzene rings is 2. The van der Waals surface area contributed by atoms with Crippen LogP contribution in [0.5, 0.6) is 0 Å². The van der Waals surface area contributed by atoms with E-state index in [4.69, 9.17) is 11.6 Å². The van der Waals surface area contributed by atoms with Gasteiger partial charge >= 0.3 is 0 Å². The van der Waals surface area contributed by atoms with Crippen molar-refractivity contribution in [2.24, 2.45) is 0 Å². The molecule has 0 saturated heterocycles. The van der Waals surface area contributed by atoms with E-state index in [1.165, 1.54) is 15.4 Å². The second-order valence-electron chi connectivity index (χ2n) is 3.47. The summed E-state index contributed by atoms with van der Waals surface area (Å²) < 4.78 is 1.15. The Balaban J connectivity index is 2.20. The summed E-state index contributed by atoms with van der Waals surface area (Å²) in [5.74, 6) is 0. The van der Waals surface area contributed by atoms with E-state index in [0.717, 1.165) is 9.50 Å². The summed E-state index contributed by atoms with van der Waals surface area (Å²) in [5.41, 5.74) is 1.25. The van der Waals surface area contributed by atoms with Crippen LogP contribution in [-0.4, -0.2) is 0 Å². The summed E-state index contributed by atoms with van der Waals surface area (Å²) >= 11 is 11.1. The molecule has 0 heterocycles. The Morgan fingerprint density at radius 2 is 1.62 bits per heavy atom. The molecule has 0 aliphatic rings. The highest BCUT2D eigenvalue weighted by Gasteiger charge is 2.00. The average Bonchev–Trinajstić information content (AvgIpc) is 2.27. The van der Waals surface area contributed by atoms with Crippen molar-refractivity contribution in [3.8, 4) is 0 Å². The lowest BCUT2D eigenvalue weighted by Crippen LogP contribution is -1.78. The van der Waals surface area contributed by atoms with Crippen LogP contribution in [-0.2, 0) is 0 Å². The predicted molar refractivity (Wildman–Crippen MR) is 74.5 cm³/mol. The van der Waals surface area contributed by atoms with Crippen LogP contribution in [0.1, 0.15) is 5.56 Å². The quantitative estimate of drug-likeness (QED) is 0.699. The normalized spacial score (nSPS) is 10.4. The number of hydrogen-bond donors (Lipinski definition) is 0. The van der Waals surface area contributed by atoms with Crippen molar-refractivity contribution in [3.63, 3.8) is 0 Å². The van der Waals surface area contributed by atoms with E-state index < -0.39 is 0 Å². The highest BCUT2D eigenvalue weighted by molar-refractivity contribution is 9.10. The first kappa shape index (κ1) is 12.0. The largest absolute Gasteiger partial charge is 0.0901 e. The summed E-state index contributed by atoms with van der Waals surface area (Å²) in [5, 5.41) is 0.774. The number of aryl methyl sites for hydroxylation is 1. The fourth-order valence-corrected chi connectivity index (χ4v) is 2.61. The molecule has 3 heteroatoms. The Morgan fingerprint density at radius 3 is 2.25 bits per heavy atom. The van der Waals surface area contributed by atoms with Crippen LogP contribution in [0.3, 0.4) is 0 Å². The van der Waals surface area contributed by atoms with Gasteiger partial charge in [-0.2, -0.15) is 0 Å². The van der Waals surface area contributed by atoms with E-state index in [0.29, 0.717) is 0 Å². The lowest BCUT2D eigenvalue weighted by atomic mass is 10.2. The maximum atomic E-state index is 5.85. The number of halogens is 2. The standard InChI is InChI=1S/C13H10BrClS/c1-9-8-12(6-7-13(9)14)16-11-4-2-10(15)3-5-11/h2-8H,1H3. The van der Waals surface area contributed by atoms with E-state index in [9.17, 15) is 0 Å². The van der Waals surface area contributed by atoms with E-state index in [-0.39, 0.29) is 0 Å². The molecular weight excluding hydrogens is 304 g/mol. The van der Waals surface area contributed by atoms with Gasteiger partial charge in [0, 0.05) is 19.3 Å². The van der Waals surface area contributed by atoms with Crippen molar-refractivity contribution in [2.45, 2.75) is 16.7 Å². The lowest BCUT2D eigenvalue weighted by molar-refractivity contribution is 1.32. The Morgan fingerprint density at radius 1 is 1.00 bits per heavy atom. The summed E-state index contributed by atoms with van der Waals surface area (Å²) in [4.78, 5) is 2.44. The lowest BCUT2D eigenvalue weighted by Gasteiger charge is -2.04. The summed E-state index contributed by atoms with van der Waals surface area (Å²) in [6.07, 6.45) is 0. The van der Waals surface area contributed by atoms with E-state index >= 15 is 0 Å². The second kappa shape index (κ2) is 5.26. The molecule has 0 N–H and O–H groups in total. The van der Waals surface area contributed by atoms with Crippen LogP contribution in [0.15, 0.2) is 56.7 Å². The molecule has 0 fully saturated rings. The molecule has 0 aliphatic carbocycles. The van der Waals surface area contributed by atoms with Gasteiger partial charge in [-0.05, 0) is 55.0 Å². The van der Waals surface area contributed by atoms with Gasteiger partial charge in [-0.1, -0.05) is 39.3 Å². The minimum Gasteiger partial charge on any atom is -0.0901 e. The van der Waals surface area contributed by atoms with Crippen LogP contribution in [0.4, 0.5) is 0 Å². The third-order valence-corrected chi connectivity index (χ3v) is 4.32. The molecule has 0 atom stereocenters. The van der Waals surface area contributed by atoms with Crippen LogP contribution < -0.4 is 0 Å². The predicted octanol–water partition coefficient (Wildman–Crippen LogP) is 5.56. The van der Waals surface area contributed by atoms with Gasteiger partial charge in [-0.15, -0.1) is 0 Å². The summed E-state index contributed by atoms with van der Waals surface area (Å²) in [6, 6.07) is 14.2. The van der Waals surface area contributed by atoms with Gasteiger partial charge in [0.25, 0.3) is 0 Å². The molecule has 0 aromatic heterocycles. The van der Waals surface area contributed by atoms with Gasteiger partial charge in [-0.3, -0.25) is 0 Å². The number of rotatable bonds is 2. The minimum atomic E-state index is 0.774. The van der Waals surface area contributed by atoms with Crippen LogP contribution in [0.2, 0.25) is 5.02 Å². The van der Waals surface area contributed by atoms with Gasteiger partial charge < -0.3 is 0 Å². The fourth-order valence-electron chi connectivity index (χ4n) is 1.32. The smallest absolute Gasteiger partial charge is 0.0406 e. The molecule has 0 amide bonds. The highest BCUT2D eigenvalue weighted by atomic mass is 79.9. The number of hydrogen-bond acceptors (Lipinski definition) is 1. The highest BCUT2D eigenvalue weighted by Crippen LogP contribution is 2.30. The van der Waals surface area contributed by atoms with Crippen molar-refractivity contribution in [1.82, 2.24) is 0 Å². The van der Waals surface area contributed by atoms with Crippen molar-refractivity contribution in [3.05, 3.63) is 57.5 Å². The van der Waals surface area contributed by atoms with Crippen molar-refractivity contribution in [1.29, 1.82) is 0 Å². The van der Waals surface area contributed by atoms with Crippen molar-refractivity contribution >= 4 is 39.3 Å². The second-order valence-corrected chi connectivity index (χ2v) is 5.90. The molecule has 0 radical (unpaired) electrons. The molecule has 2 rings (SSSR count). The molecule has 0 aliphatic heterocycles. The van der Waals surface area contributed by atoms with Crippen molar-refractivity contribution < 1.29 is 0 Å². The molecule has 0 bridgehead atoms. The monoisotopic (exact) mass is 312 g/mol. The molecule has 0 unspecified atom stereocenters. The van der Waals surface area contributed by atoms with Crippen LogP contribution in [0, 0.1) is 6.92 Å². The Hall–Kier alpha value is -0.440. The third-order valence-electron chi connectivity index (χ3n) is 2.18. The average molecular weight is 314 g/mol. The SMILES string of the molecule is Cc1cc(Sc2ccc(Cl)cc2)ccc1Br. The van der Waals surface area contributed by atoms with Gasteiger partial charge in [0.05, 0.1) is 0 Å². The first-order chi connectivity index (χ1) is 7.65.